The highest BCUT2D eigenvalue weighted by Crippen LogP contribution is 2.06. The van der Waals surface area contributed by atoms with E-state index in [0.717, 1.165) is 44.9 Å². The number of carboxylic acid groups (broad SMARTS) is 1. The summed E-state index contributed by atoms with van der Waals surface area (Å²) in [6.07, 6.45) is 23.6. The largest absolute Gasteiger partial charge is 0.481 e. The highest BCUT2D eigenvalue weighted by Gasteiger charge is 1.95. The molecule has 0 aromatic carbocycles. The van der Waals surface area contributed by atoms with Gasteiger partial charge in [-0.25, -0.2) is 0 Å². The highest BCUT2D eigenvalue weighted by atomic mass is 16.4. The Hall–Kier alpha value is -1.61. The second kappa shape index (κ2) is 16.8. The highest BCUT2D eigenvalue weighted by molar-refractivity contribution is 5.66. The van der Waals surface area contributed by atoms with E-state index in [-0.39, 0.29) is 6.42 Å². The van der Waals surface area contributed by atoms with Crippen LogP contribution >= 0.6 is 0 Å². The van der Waals surface area contributed by atoms with Crippen LogP contribution in [0.4, 0.5) is 0 Å². The summed E-state index contributed by atoms with van der Waals surface area (Å²) in [4.78, 5) is 10.3. The molecule has 2 N–H and O–H groups in total. The zero-order valence-electron chi connectivity index (χ0n) is 14.4. The molecule has 0 aromatic rings. The zero-order chi connectivity index (χ0) is 17.2. The minimum Gasteiger partial charge on any atom is -0.481 e. The summed E-state index contributed by atoms with van der Waals surface area (Å²) in [5.41, 5.74) is 0. The van der Waals surface area contributed by atoms with Crippen LogP contribution in [-0.2, 0) is 4.79 Å². The lowest BCUT2D eigenvalue weighted by Gasteiger charge is -1.98. The van der Waals surface area contributed by atoms with Gasteiger partial charge in [0.1, 0.15) is 0 Å². The monoisotopic (exact) mass is 320 g/mol. The molecular weight excluding hydrogens is 288 g/mol. The third-order valence-corrected chi connectivity index (χ3v) is 3.31. The molecule has 0 heterocycles. The molecule has 23 heavy (non-hydrogen) atoms. The average molecular weight is 320 g/mol. The van der Waals surface area contributed by atoms with Gasteiger partial charge in [0.05, 0.1) is 6.10 Å². The van der Waals surface area contributed by atoms with Crippen LogP contribution in [-0.4, -0.2) is 22.3 Å². The predicted octanol–water partition coefficient (Wildman–Crippen LogP) is 5.19. The Kier molecular flexibility index (Phi) is 15.6. The summed E-state index contributed by atoms with van der Waals surface area (Å²) < 4.78 is 0. The van der Waals surface area contributed by atoms with E-state index in [1.807, 2.05) is 18.2 Å². The van der Waals surface area contributed by atoms with Gasteiger partial charge < -0.3 is 10.2 Å². The fourth-order valence-corrected chi connectivity index (χ4v) is 2.02. The lowest BCUT2D eigenvalue weighted by molar-refractivity contribution is -0.137. The SMILES string of the molecule is CCC=CC[C@H](O)C=CC=CCC=CCCCCCCC(=O)O. The van der Waals surface area contributed by atoms with E-state index < -0.39 is 12.1 Å². The Morgan fingerprint density at radius 2 is 1.74 bits per heavy atom. The van der Waals surface area contributed by atoms with Crippen LogP contribution in [0.15, 0.2) is 48.6 Å². The van der Waals surface area contributed by atoms with Crippen molar-refractivity contribution in [3.05, 3.63) is 48.6 Å². The summed E-state index contributed by atoms with van der Waals surface area (Å²) in [6, 6.07) is 0. The van der Waals surface area contributed by atoms with Crippen molar-refractivity contribution in [2.45, 2.75) is 70.8 Å². The summed E-state index contributed by atoms with van der Waals surface area (Å²) in [6.45, 7) is 2.08. The van der Waals surface area contributed by atoms with Crippen molar-refractivity contribution in [3.8, 4) is 0 Å². The van der Waals surface area contributed by atoms with Gasteiger partial charge in [-0.15, -0.1) is 0 Å². The minimum atomic E-state index is -0.698. The standard InChI is InChI=1S/C20H32O3/c1-2-3-13-16-19(21)17-14-11-9-7-5-4-6-8-10-12-15-18-20(22)23/h3-5,9,11,13-14,17,19,21H,2,6-8,10,12,15-16,18H2,1H3,(H,22,23)/t19-/m0/s1. The second-order valence-electron chi connectivity index (χ2n) is 5.55. The van der Waals surface area contributed by atoms with Crippen molar-refractivity contribution in [3.63, 3.8) is 0 Å². The van der Waals surface area contributed by atoms with Crippen LogP contribution in [0.1, 0.15) is 64.7 Å². The molecule has 0 aliphatic heterocycles. The van der Waals surface area contributed by atoms with Gasteiger partial charge in [0.25, 0.3) is 0 Å². The van der Waals surface area contributed by atoms with E-state index in [9.17, 15) is 9.90 Å². The molecule has 1 atom stereocenters. The Morgan fingerprint density at radius 3 is 2.48 bits per heavy atom. The van der Waals surface area contributed by atoms with Crippen molar-refractivity contribution in [2.75, 3.05) is 0 Å². The molecule has 0 spiro atoms. The maximum atomic E-state index is 10.3. The van der Waals surface area contributed by atoms with E-state index in [1.165, 1.54) is 0 Å². The first-order valence-electron chi connectivity index (χ1n) is 8.70. The molecule has 0 aliphatic carbocycles. The van der Waals surface area contributed by atoms with Crippen LogP contribution in [0.3, 0.4) is 0 Å². The third-order valence-electron chi connectivity index (χ3n) is 3.31. The summed E-state index contributed by atoms with van der Waals surface area (Å²) in [5.74, 6) is -0.698. The van der Waals surface area contributed by atoms with E-state index in [4.69, 9.17) is 5.11 Å². The Morgan fingerprint density at radius 1 is 0.957 bits per heavy atom. The topological polar surface area (TPSA) is 57.5 Å². The van der Waals surface area contributed by atoms with Crippen LogP contribution in [0.5, 0.6) is 0 Å². The Labute approximate surface area is 141 Å². The van der Waals surface area contributed by atoms with Crippen LogP contribution in [0.25, 0.3) is 0 Å². The molecule has 0 saturated carbocycles. The Balaban J connectivity index is 3.51. The lowest BCUT2D eigenvalue weighted by Crippen LogP contribution is -1.98. The van der Waals surface area contributed by atoms with Gasteiger partial charge in [0.15, 0.2) is 0 Å². The number of rotatable bonds is 14. The van der Waals surface area contributed by atoms with E-state index in [1.54, 1.807) is 6.08 Å². The third kappa shape index (κ3) is 18.3. The van der Waals surface area contributed by atoms with Crippen molar-refractivity contribution >= 4 is 5.97 Å². The number of aliphatic hydroxyl groups excluding tert-OH is 1. The van der Waals surface area contributed by atoms with Gasteiger partial charge >= 0.3 is 5.97 Å². The quantitative estimate of drug-likeness (QED) is 0.263. The Bertz CT molecular complexity index is 392. The summed E-state index contributed by atoms with van der Waals surface area (Å²) in [7, 11) is 0. The number of hydrogen-bond acceptors (Lipinski definition) is 2. The predicted molar refractivity (Wildman–Crippen MR) is 97.4 cm³/mol. The lowest BCUT2D eigenvalue weighted by atomic mass is 10.1. The first-order chi connectivity index (χ1) is 11.2. The fraction of sp³-hybridized carbons (Fsp3) is 0.550. The van der Waals surface area contributed by atoms with Crippen molar-refractivity contribution in [1.82, 2.24) is 0 Å². The van der Waals surface area contributed by atoms with Gasteiger partial charge in [-0.05, 0) is 38.5 Å². The molecule has 0 aromatic heterocycles. The number of aliphatic hydroxyl groups is 1. The smallest absolute Gasteiger partial charge is 0.303 e. The minimum absolute atomic E-state index is 0.289. The van der Waals surface area contributed by atoms with Crippen LogP contribution in [0, 0.1) is 0 Å². The molecule has 0 bridgehead atoms. The normalized spacial score (nSPS) is 13.8. The molecule has 0 saturated heterocycles. The van der Waals surface area contributed by atoms with Crippen molar-refractivity contribution < 1.29 is 15.0 Å². The summed E-state index contributed by atoms with van der Waals surface area (Å²) in [5, 5.41) is 18.2. The molecule has 0 radical (unpaired) electrons. The second-order valence-corrected chi connectivity index (χ2v) is 5.55. The molecule has 0 aliphatic rings. The zero-order valence-corrected chi connectivity index (χ0v) is 14.4. The van der Waals surface area contributed by atoms with Gasteiger partial charge in [-0.2, -0.15) is 0 Å². The van der Waals surface area contributed by atoms with E-state index >= 15 is 0 Å². The van der Waals surface area contributed by atoms with Gasteiger partial charge in [0.2, 0.25) is 0 Å². The number of hydrogen-bond donors (Lipinski definition) is 2. The number of carboxylic acids is 1. The molecule has 3 heteroatoms. The molecule has 0 amide bonds. The molecule has 130 valence electrons. The number of allylic oxidation sites excluding steroid dienone is 6. The molecular formula is C20H32O3. The van der Waals surface area contributed by atoms with E-state index in [2.05, 4.69) is 31.2 Å². The number of unbranched alkanes of at least 4 members (excludes halogenated alkanes) is 4. The van der Waals surface area contributed by atoms with Gasteiger partial charge in [0, 0.05) is 6.42 Å². The average Bonchev–Trinajstić information content (AvgIpc) is 2.51. The van der Waals surface area contributed by atoms with Gasteiger partial charge in [-0.1, -0.05) is 68.4 Å². The van der Waals surface area contributed by atoms with Crippen molar-refractivity contribution in [1.29, 1.82) is 0 Å². The maximum Gasteiger partial charge on any atom is 0.303 e. The maximum absolute atomic E-state index is 10.3. The first-order valence-corrected chi connectivity index (χ1v) is 8.70. The summed E-state index contributed by atoms with van der Waals surface area (Å²) >= 11 is 0. The van der Waals surface area contributed by atoms with Crippen LogP contribution < -0.4 is 0 Å². The molecule has 0 fully saturated rings. The fourth-order valence-electron chi connectivity index (χ4n) is 2.02. The van der Waals surface area contributed by atoms with Crippen LogP contribution in [0.2, 0.25) is 0 Å². The number of aliphatic carboxylic acids is 1. The van der Waals surface area contributed by atoms with Crippen molar-refractivity contribution in [2.24, 2.45) is 0 Å². The number of carbonyl (C=O) groups is 1. The molecule has 0 unspecified atom stereocenters. The molecule has 3 nitrogen and oxygen atoms in total. The van der Waals surface area contributed by atoms with Gasteiger partial charge in [-0.3, -0.25) is 4.79 Å². The first kappa shape index (κ1) is 21.4. The van der Waals surface area contributed by atoms with E-state index in [0.29, 0.717) is 6.42 Å². The molecule has 0 rings (SSSR count).